The first-order chi connectivity index (χ1) is 10.1. The molecule has 1 amide bonds. The Morgan fingerprint density at radius 2 is 1.00 bits per heavy atom. The Labute approximate surface area is 129 Å². The molecule has 0 spiro atoms. The van der Waals surface area contributed by atoms with Crippen molar-refractivity contribution in [2.45, 2.75) is 20.8 Å². The maximum atomic E-state index is 11.3. The lowest BCUT2D eigenvalue weighted by atomic mass is 10.3. The molecule has 0 unspecified atom stereocenters. The maximum absolute atomic E-state index is 11.3. The molecule has 0 saturated carbocycles. The highest BCUT2D eigenvalue weighted by atomic mass is 16.4. The molecule has 0 radical (unpaired) electrons. The van der Waals surface area contributed by atoms with E-state index < -0.39 is 6.09 Å². The zero-order valence-corrected chi connectivity index (χ0v) is 13.9. The maximum Gasteiger partial charge on any atom is 0.407 e. The van der Waals surface area contributed by atoms with E-state index in [1.54, 1.807) is 4.90 Å². The first kappa shape index (κ1) is 18.2. The number of hydrogen-bond acceptors (Lipinski definition) is 4. The van der Waals surface area contributed by atoms with E-state index in [1.807, 2.05) is 0 Å². The lowest BCUT2D eigenvalue weighted by Gasteiger charge is -2.32. The zero-order valence-electron chi connectivity index (χ0n) is 13.9. The number of rotatable bonds is 3. The van der Waals surface area contributed by atoms with E-state index >= 15 is 0 Å². The number of carbonyl (C=O) groups is 1. The summed E-state index contributed by atoms with van der Waals surface area (Å²) in [4.78, 5) is 20.1. The van der Waals surface area contributed by atoms with Gasteiger partial charge in [0.15, 0.2) is 0 Å². The molecule has 1 fully saturated rings. The van der Waals surface area contributed by atoms with Gasteiger partial charge in [-0.15, -0.1) is 0 Å². The third-order valence-electron chi connectivity index (χ3n) is 4.45. The minimum Gasteiger partial charge on any atom is -0.465 e. The molecule has 0 atom stereocenters. The van der Waals surface area contributed by atoms with Gasteiger partial charge in [-0.05, 0) is 19.6 Å². The molecule has 21 heavy (non-hydrogen) atoms. The molecule has 1 heterocycles. The molecule has 0 aromatic heterocycles. The number of hydrogen-bond donors (Lipinski definition) is 1. The van der Waals surface area contributed by atoms with Crippen LogP contribution in [-0.4, -0.2) is 103 Å². The minimum absolute atomic E-state index is 0.604. The summed E-state index contributed by atoms with van der Waals surface area (Å²) in [6.45, 7) is 16.6. The van der Waals surface area contributed by atoms with Crippen LogP contribution in [0.25, 0.3) is 0 Å². The van der Waals surface area contributed by atoms with Gasteiger partial charge >= 0.3 is 6.09 Å². The van der Waals surface area contributed by atoms with Gasteiger partial charge in [-0.3, -0.25) is 0 Å². The second kappa shape index (κ2) is 9.97. The summed E-state index contributed by atoms with van der Waals surface area (Å²) >= 11 is 0. The van der Waals surface area contributed by atoms with Crippen LogP contribution in [0.15, 0.2) is 0 Å². The third kappa shape index (κ3) is 6.63. The van der Waals surface area contributed by atoms with Crippen molar-refractivity contribution in [1.82, 2.24) is 19.6 Å². The number of carboxylic acid groups (broad SMARTS) is 1. The Kier molecular flexibility index (Phi) is 8.64. The van der Waals surface area contributed by atoms with Crippen LogP contribution >= 0.6 is 0 Å². The van der Waals surface area contributed by atoms with Gasteiger partial charge < -0.3 is 24.7 Å². The lowest BCUT2D eigenvalue weighted by Crippen LogP contribution is -2.46. The topological polar surface area (TPSA) is 50.3 Å². The summed E-state index contributed by atoms with van der Waals surface area (Å²) in [7, 11) is 0. The standard InChI is InChI=1S/C15H32N4O2/c1-4-16-7-9-17(5-2)11-13-19(15(20)21)14-12-18(6-3)10-8-16/h4-14H2,1-3H3,(H,20,21). The van der Waals surface area contributed by atoms with Crippen LogP contribution in [-0.2, 0) is 0 Å². The zero-order chi connectivity index (χ0) is 15.7. The van der Waals surface area contributed by atoms with Crippen LogP contribution in [0, 0.1) is 0 Å². The Morgan fingerprint density at radius 3 is 1.24 bits per heavy atom. The van der Waals surface area contributed by atoms with Gasteiger partial charge in [0.25, 0.3) is 0 Å². The summed E-state index contributed by atoms with van der Waals surface area (Å²) in [5, 5.41) is 9.32. The summed E-state index contributed by atoms with van der Waals surface area (Å²) in [5.74, 6) is 0. The van der Waals surface area contributed by atoms with E-state index in [9.17, 15) is 9.90 Å². The fourth-order valence-electron chi connectivity index (χ4n) is 2.68. The highest BCUT2D eigenvalue weighted by molar-refractivity contribution is 5.64. The van der Waals surface area contributed by atoms with Crippen LogP contribution < -0.4 is 0 Å². The molecule has 6 heteroatoms. The smallest absolute Gasteiger partial charge is 0.407 e. The molecule has 6 nitrogen and oxygen atoms in total. The molecule has 1 aliphatic rings. The molecule has 1 N–H and O–H groups in total. The Hall–Kier alpha value is -0.850. The molecule has 124 valence electrons. The van der Waals surface area contributed by atoms with Crippen LogP contribution in [0.3, 0.4) is 0 Å². The van der Waals surface area contributed by atoms with Crippen molar-refractivity contribution in [2.24, 2.45) is 0 Å². The van der Waals surface area contributed by atoms with Crippen LogP contribution in [0.5, 0.6) is 0 Å². The quantitative estimate of drug-likeness (QED) is 0.841. The van der Waals surface area contributed by atoms with E-state index in [2.05, 4.69) is 35.5 Å². The SMILES string of the molecule is CCN1CCN(CC)CCN(C(=O)O)CCN(CC)CC1. The highest BCUT2D eigenvalue weighted by Gasteiger charge is 2.17. The van der Waals surface area contributed by atoms with Crippen molar-refractivity contribution >= 4 is 6.09 Å². The molecule has 0 bridgehead atoms. The van der Waals surface area contributed by atoms with Crippen LogP contribution in [0.2, 0.25) is 0 Å². The number of nitrogens with zero attached hydrogens (tertiary/aromatic N) is 4. The normalized spacial score (nSPS) is 21.8. The fraction of sp³-hybridized carbons (Fsp3) is 0.933. The average Bonchev–Trinajstić information content (AvgIpc) is 2.47. The molecular weight excluding hydrogens is 268 g/mol. The van der Waals surface area contributed by atoms with E-state index in [0.29, 0.717) is 13.1 Å². The minimum atomic E-state index is -0.797. The van der Waals surface area contributed by atoms with Crippen molar-refractivity contribution in [2.75, 3.05) is 72.0 Å². The molecule has 0 aromatic rings. The van der Waals surface area contributed by atoms with Crippen molar-refractivity contribution in [3.8, 4) is 0 Å². The van der Waals surface area contributed by atoms with Gasteiger partial charge in [0, 0.05) is 52.4 Å². The van der Waals surface area contributed by atoms with Crippen molar-refractivity contribution < 1.29 is 9.90 Å². The van der Waals surface area contributed by atoms with Gasteiger partial charge in [0.05, 0.1) is 0 Å². The van der Waals surface area contributed by atoms with Crippen molar-refractivity contribution in [3.05, 3.63) is 0 Å². The molecule has 1 aliphatic heterocycles. The average molecular weight is 300 g/mol. The first-order valence-corrected chi connectivity index (χ1v) is 8.25. The Balaban J connectivity index is 2.67. The third-order valence-corrected chi connectivity index (χ3v) is 4.45. The van der Waals surface area contributed by atoms with Gasteiger partial charge in [-0.1, -0.05) is 20.8 Å². The molecule has 1 saturated heterocycles. The van der Waals surface area contributed by atoms with Crippen LogP contribution in [0.4, 0.5) is 4.79 Å². The lowest BCUT2D eigenvalue weighted by molar-refractivity contribution is 0.117. The van der Waals surface area contributed by atoms with E-state index in [1.165, 1.54) is 0 Å². The van der Waals surface area contributed by atoms with Gasteiger partial charge in [-0.25, -0.2) is 4.79 Å². The summed E-state index contributed by atoms with van der Waals surface area (Å²) < 4.78 is 0. The molecule has 1 rings (SSSR count). The van der Waals surface area contributed by atoms with Crippen LogP contribution in [0.1, 0.15) is 20.8 Å². The van der Waals surface area contributed by atoms with E-state index in [-0.39, 0.29) is 0 Å². The molecular formula is C15H32N4O2. The first-order valence-electron chi connectivity index (χ1n) is 8.25. The van der Waals surface area contributed by atoms with Crippen molar-refractivity contribution in [1.29, 1.82) is 0 Å². The second-order valence-corrected chi connectivity index (χ2v) is 5.57. The van der Waals surface area contributed by atoms with E-state index in [0.717, 1.165) is 58.9 Å². The van der Waals surface area contributed by atoms with E-state index in [4.69, 9.17) is 0 Å². The Bertz CT molecular complexity index is 281. The predicted molar refractivity (Wildman–Crippen MR) is 85.9 cm³/mol. The Morgan fingerprint density at radius 1 is 0.714 bits per heavy atom. The van der Waals surface area contributed by atoms with Gasteiger partial charge in [0.2, 0.25) is 0 Å². The monoisotopic (exact) mass is 300 g/mol. The van der Waals surface area contributed by atoms with Gasteiger partial charge in [-0.2, -0.15) is 0 Å². The van der Waals surface area contributed by atoms with Gasteiger partial charge in [0.1, 0.15) is 0 Å². The number of likely N-dealkylation sites (N-methyl/N-ethyl adjacent to an activating group) is 3. The summed E-state index contributed by atoms with van der Waals surface area (Å²) in [6.07, 6.45) is -0.797. The molecule has 0 aliphatic carbocycles. The summed E-state index contributed by atoms with van der Waals surface area (Å²) in [5.41, 5.74) is 0. The largest absolute Gasteiger partial charge is 0.465 e. The highest BCUT2D eigenvalue weighted by Crippen LogP contribution is 2.00. The second-order valence-electron chi connectivity index (χ2n) is 5.57. The van der Waals surface area contributed by atoms with Crippen molar-refractivity contribution in [3.63, 3.8) is 0 Å². The summed E-state index contributed by atoms with van der Waals surface area (Å²) in [6, 6.07) is 0. The predicted octanol–water partition coefficient (Wildman–Crippen LogP) is 0.946. The fourth-order valence-corrected chi connectivity index (χ4v) is 2.68. The number of amides is 1. The molecule has 0 aromatic carbocycles.